The van der Waals surface area contributed by atoms with Gasteiger partial charge in [0.2, 0.25) is 0 Å². The summed E-state index contributed by atoms with van der Waals surface area (Å²) in [6.07, 6.45) is 2.69. The molecule has 3 nitrogen and oxygen atoms in total. The Morgan fingerprint density at radius 3 is 2.44 bits per heavy atom. The molecule has 0 saturated carbocycles. The van der Waals surface area contributed by atoms with Crippen molar-refractivity contribution in [2.75, 3.05) is 6.61 Å². The first-order valence-corrected chi connectivity index (χ1v) is 6.18. The zero-order valence-electron chi connectivity index (χ0n) is 10.4. The first-order valence-electron chi connectivity index (χ1n) is 5.38. The van der Waals surface area contributed by atoms with Gasteiger partial charge in [0.15, 0.2) is 0 Å². The van der Waals surface area contributed by atoms with Gasteiger partial charge in [-0.1, -0.05) is 22.5 Å². The Kier molecular flexibility index (Phi) is 5.16. The molecule has 0 radical (unpaired) electrons. The van der Waals surface area contributed by atoms with Crippen molar-refractivity contribution in [1.82, 2.24) is 0 Å². The van der Waals surface area contributed by atoms with Gasteiger partial charge in [0, 0.05) is 10.6 Å². The standard InChI is InChI=1S/C14H15BrO3/c1-9-6-12(4-5-13(16)17)7-10(2)14(9)18-8-11(3)15/h4-7H,3,8H2,1-2H3,(H,16,17)/b5-4+. The fraction of sp³-hybridized carbons (Fsp3) is 0.214. The summed E-state index contributed by atoms with van der Waals surface area (Å²) < 4.78 is 6.40. The van der Waals surface area contributed by atoms with Crippen LogP contribution in [0.5, 0.6) is 5.75 Å². The lowest BCUT2D eigenvalue weighted by Crippen LogP contribution is -2.00. The largest absolute Gasteiger partial charge is 0.488 e. The summed E-state index contributed by atoms with van der Waals surface area (Å²) in [5.41, 5.74) is 2.78. The topological polar surface area (TPSA) is 46.5 Å². The van der Waals surface area contributed by atoms with Gasteiger partial charge in [-0.3, -0.25) is 0 Å². The number of carboxylic acid groups (broad SMARTS) is 1. The number of aliphatic carboxylic acids is 1. The van der Waals surface area contributed by atoms with Gasteiger partial charge in [-0.25, -0.2) is 4.79 Å². The second-order valence-electron chi connectivity index (χ2n) is 3.96. The van der Waals surface area contributed by atoms with Crippen molar-refractivity contribution < 1.29 is 14.6 Å². The molecule has 0 bridgehead atoms. The van der Waals surface area contributed by atoms with Crippen LogP contribution in [0.25, 0.3) is 6.08 Å². The summed E-state index contributed by atoms with van der Waals surface area (Å²) in [5, 5.41) is 8.59. The van der Waals surface area contributed by atoms with Crippen LogP contribution in [0.15, 0.2) is 29.3 Å². The SMILES string of the molecule is C=C(Br)COc1c(C)cc(/C=C/C(=O)O)cc1C. The van der Waals surface area contributed by atoms with Gasteiger partial charge in [0.05, 0.1) is 0 Å². The van der Waals surface area contributed by atoms with E-state index in [0.29, 0.717) is 6.61 Å². The molecule has 0 fully saturated rings. The van der Waals surface area contributed by atoms with Crippen LogP contribution >= 0.6 is 15.9 Å². The van der Waals surface area contributed by atoms with E-state index < -0.39 is 5.97 Å². The van der Waals surface area contributed by atoms with Gasteiger partial charge < -0.3 is 9.84 Å². The molecule has 0 atom stereocenters. The minimum atomic E-state index is -0.957. The summed E-state index contributed by atoms with van der Waals surface area (Å²) in [5.74, 6) is -0.149. The molecule has 18 heavy (non-hydrogen) atoms. The van der Waals surface area contributed by atoms with Gasteiger partial charge >= 0.3 is 5.97 Å². The zero-order valence-corrected chi connectivity index (χ0v) is 12.0. The first kappa shape index (κ1) is 14.5. The van der Waals surface area contributed by atoms with E-state index in [0.717, 1.165) is 33.0 Å². The molecule has 1 N–H and O–H groups in total. The van der Waals surface area contributed by atoms with Crippen LogP contribution in [-0.4, -0.2) is 17.7 Å². The van der Waals surface area contributed by atoms with E-state index >= 15 is 0 Å². The lowest BCUT2D eigenvalue weighted by Gasteiger charge is -2.12. The number of ether oxygens (including phenoxy) is 1. The Morgan fingerprint density at radius 1 is 1.44 bits per heavy atom. The highest BCUT2D eigenvalue weighted by molar-refractivity contribution is 9.11. The fourth-order valence-electron chi connectivity index (χ4n) is 1.63. The van der Waals surface area contributed by atoms with Crippen LogP contribution in [0, 0.1) is 13.8 Å². The number of carbonyl (C=O) groups is 1. The number of carboxylic acids is 1. The lowest BCUT2D eigenvalue weighted by atomic mass is 10.1. The molecule has 0 spiro atoms. The van der Waals surface area contributed by atoms with E-state index in [1.807, 2.05) is 26.0 Å². The monoisotopic (exact) mass is 310 g/mol. The maximum absolute atomic E-state index is 10.5. The Bertz CT molecular complexity index is 481. The molecule has 0 unspecified atom stereocenters. The smallest absolute Gasteiger partial charge is 0.328 e. The van der Waals surface area contributed by atoms with E-state index in [1.165, 1.54) is 0 Å². The summed E-state index contributed by atoms with van der Waals surface area (Å²) in [6.45, 7) is 7.98. The summed E-state index contributed by atoms with van der Waals surface area (Å²) in [6, 6.07) is 3.78. The number of halogens is 1. The average molecular weight is 311 g/mol. The van der Waals surface area contributed by atoms with Crippen LogP contribution < -0.4 is 4.74 Å². The number of rotatable bonds is 5. The highest BCUT2D eigenvalue weighted by Gasteiger charge is 2.06. The van der Waals surface area contributed by atoms with Crippen molar-refractivity contribution in [3.05, 3.63) is 46.0 Å². The molecule has 0 aliphatic rings. The molecule has 0 aliphatic heterocycles. The maximum Gasteiger partial charge on any atom is 0.328 e. The van der Waals surface area contributed by atoms with Gasteiger partial charge in [0.25, 0.3) is 0 Å². The third-order valence-corrected chi connectivity index (χ3v) is 2.50. The van der Waals surface area contributed by atoms with Crippen molar-refractivity contribution in [2.45, 2.75) is 13.8 Å². The summed E-state index contributed by atoms with van der Waals surface area (Å²) >= 11 is 3.24. The molecule has 1 aromatic rings. The Balaban J connectivity index is 2.97. The van der Waals surface area contributed by atoms with Crippen molar-refractivity contribution >= 4 is 28.0 Å². The molecule has 0 amide bonds. The van der Waals surface area contributed by atoms with E-state index in [4.69, 9.17) is 9.84 Å². The fourth-order valence-corrected chi connectivity index (χ4v) is 1.74. The number of hydrogen-bond acceptors (Lipinski definition) is 2. The normalized spacial score (nSPS) is 10.6. The summed E-state index contributed by atoms with van der Waals surface area (Å²) in [7, 11) is 0. The third-order valence-electron chi connectivity index (χ3n) is 2.27. The van der Waals surface area contributed by atoms with E-state index in [2.05, 4.69) is 22.5 Å². The molecule has 0 heterocycles. The maximum atomic E-state index is 10.5. The predicted molar refractivity (Wildman–Crippen MR) is 76.1 cm³/mol. The van der Waals surface area contributed by atoms with Crippen LogP contribution in [-0.2, 0) is 4.79 Å². The van der Waals surface area contributed by atoms with E-state index in [-0.39, 0.29) is 0 Å². The molecule has 1 rings (SSSR count). The minimum Gasteiger partial charge on any atom is -0.488 e. The molecule has 4 heteroatoms. The van der Waals surface area contributed by atoms with Gasteiger partial charge in [-0.2, -0.15) is 0 Å². The highest BCUT2D eigenvalue weighted by atomic mass is 79.9. The highest BCUT2D eigenvalue weighted by Crippen LogP contribution is 2.26. The van der Waals surface area contributed by atoms with Crippen LogP contribution in [0.4, 0.5) is 0 Å². The molecule has 0 aromatic heterocycles. The number of aryl methyl sites for hydroxylation is 2. The second kappa shape index (κ2) is 6.40. The first-order chi connectivity index (χ1) is 8.40. The van der Waals surface area contributed by atoms with Gasteiger partial charge in [-0.15, -0.1) is 0 Å². The predicted octanol–water partition coefficient (Wildman–Crippen LogP) is 3.69. The Morgan fingerprint density at radius 2 is 2.00 bits per heavy atom. The van der Waals surface area contributed by atoms with Gasteiger partial charge in [0.1, 0.15) is 12.4 Å². The Labute approximate surface area is 115 Å². The van der Waals surface area contributed by atoms with Crippen LogP contribution in [0.3, 0.4) is 0 Å². The van der Waals surface area contributed by atoms with E-state index in [1.54, 1.807) is 6.08 Å². The van der Waals surface area contributed by atoms with E-state index in [9.17, 15) is 4.79 Å². The Hall–Kier alpha value is -1.55. The lowest BCUT2D eigenvalue weighted by molar-refractivity contribution is -0.131. The van der Waals surface area contributed by atoms with Crippen molar-refractivity contribution in [2.24, 2.45) is 0 Å². The molecule has 1 aromatic carbocycles. The molecular formula is C14H15BrO3. The molecular weight excluding hydrogens is 296 g/mol. The summed E-state index contributed by atoms with van der Waals surface area (Å²) in [4.78, 5) is 10.5. The van der Waals surface area contributed by atoms with Crippen molar-refractivity contribution in [3.63, 3.8) is 0 Å². The second-order valence-corrected chi connectivity index (χ2v) is 5.08. The number of benzene rings is 1. The molecule has 96 valence electrons. The minimum absolute atomic E-state index is 0.409. The number of hydrogen-bond donors (Lipinski definition) is 1. The quantitative estimate of drug-likeness (QED) is 0.844. The van der Waals surface area contributed by atoms with Crippen molar-refractivity contribution in [3.8, 4) is 5.75 Å². The van der Waals surface area contributed by atoms with Gasteiger partial charge in [-0.05, 0) is 48.7 Å². The average Bonchev–Trinajstić information content (AvgIpc) is 2.24. The third kappa shape index (κ3) is 4.37. The van der Waals surface area contributed by atoms with Crippen LogP contribution in [0.1, 0.15) is 16.7 Å². The molecule has 0 aliphatic carbocycles. The van der Waals surface area contributed by atoms with Crippen LogP contribution in [0.2, 0.25) is 0 Å². The zero-order chi connectivity index (χ0) is 13.7. The van der Waals surface area contributed by atoms with Crippen molar-refractivity contribution in [1.29, 1.82) is 0 Å². The molecule has 0 saturated heterocycles.